The average Bonchev–Trinajstić information content (AvgIpc) is 3.14. The molecule has 0 radical (unpaired) electrons. The van der Waals surface area contributed by atoms with E-state index >= 15 is 0 Å². The maximum Gasteiger partial charge on any atom is 0.193 e. The van der Waals surface area contributed by atoms with Gasteiger partial charge >= 0.3 is 0 Å². The zero-order valence-corrected chi connectivity index (χ0v) is 15.9. The first-order valence-electron chi connectivity index (χ1n) is 9.02. The summed E-state index contributed by atoms with van der Waals surface area (Å²) in [6.07, 6.45) is 2.56. The van der Waals surface area contributed by atoms with Gasteiger partial charge in [0.1, 0.15) is 11.6 Å². The molecule has 1 heterocycles. The summed E-state index contributed by atoms with van der Waals surface area (Å²) in [5, 5.41) is 7.81. The molecule has 3 rings (SSSR count). The lowest BCUT2D eigenvalue weighted by molar-refractivity contribution is 0.475. The van der Waals surface area contributed by atoms with E-state index in [4.69, 9.17) is 0 Å². The van der Waals surface area contributed by atoms with Crippen molar-refractivity contribution in [3.05, 3.63) is 83.7 Å². The second-order valence-corrected chi connectivity index (χ2v) is 6.44. The lowest BCUT2D eigenvalue weighted by Crippen LogP contribution is -2.39. The van der Waals surface area contributed by atoms with E-state index in [1.165, 1.54) is 24.3 Å². The number of guanidine groups is 1. The number of rotatable bonds is 6. The van der Waals surface area contributed by atoms with Gasteiger partial charge in [0.2, 0.25) is 0 Å². The number of benzene rings is 2. The van der Waals surface area contributed by atoms with Crippen molar-refractivity contribution < 1.29 is 8.78 Å². The van der Waals surface area contributed by atoms with Crippen LogP contribution < -0.4 is 5.32 Å². The van der Waals surface area contributed by atoms with Gasteiger partial charge in [-0.25, -0.2) is 13.5 Å². The highest BCUT2D eigenvalue weighted by atomic mass is 19.1. The van der Waals surface area contributed by atoms with E-state index in [2.05, 4.69) is 15.4 Å². The topological polar surface area (TPSA) is 45.5 Å². The number of aliphatic imine (C=N–C) groups is 1. The average molecular weight is 383 g/mol. The third kappa shape index (κ3) is 5.16. The summed E-state index contributed by atoms with van der Waals surface area (Å²) < 4.78 is 28.1. The fourth-order valence-electron chi connectivity index (χ4n) is 2.90. The van der Waals surface area contributed by atoms with Crippen LogP contribution in [-0.4, -0.2) is 41.3 Å². The van der Waals surface area contributed by atoms with Crippen LogP contribution in [0.2, 0.25) is 0 Å². The van der Waals surface area contributed by atoms with E-state index in [1.54, 1.807) is 29.9 Å². The number of nitrogens with zero attached hydrogens (tertiary/aromatic N) is 4. The van der Waals surface area contributed by atoms with Crippen LogP contribution in [0.3, 0.4) is 0 Å². The fourth-order valence-corrected chi connectivity index (χ4v) is 2.90. The highest BCUT2D eigenvalue weighted by molar-refractivity contribution is 5.79. The lowest BCUT2D eigenvalue weighted by atomic mass is 10.2. The zero-order chi connectivity index (χ0) is 19.9. The molecule has 0 saturated heterocycles. The molecule has 0 aliphatic heterocycles. The van der Waals surface area contributed by atoms with E-state index in [9.17, 15) is 8.78 Å². The van der Waals surface area contributed by atoms with Crippen LogP contribution in [0.5, 0.6) is 0 Å². The third-order valence-corrected chi connectivity index (χ3v) is 4.28. The summed E-state index contributed by atoms with van der Waals surface area (Å²) >= 11 is 0. The van der Waals surface area contributed by atoms with Crippen molar-refractivity contribution in [3.63, 3.8) is 0 Å². The number of nitrogens with one attached hydrogen (secondary N) is 1. The maximum absolute atomic E-state index is 13.3. The first-order valence-corrected chi connectivity index (χ1v) is 9.02. The Bertz CT molecular complexity index is 934. The Morgan fingerprint density at radius 2 is 1.89 bits per heavy atom. The molecule has 0 bridgehead atoms. The Kier molecular flexibility index (Phi) is 6.37. The Morgan fingerprint density at radius 3 is 2.61 bits per heavy atom. The minimum Gasteiger partial charge on any atom is -0.356 e. The summed E-state index contributed by atoms with van der Waals surface area (Å²) in [4.78, 5) is 6.21. The molecule has 28 heavy (non-hydrogen) atoms. The molecule has 7 heteroatoms. The van der Waals surface area contributed by atoms with Crippen LogP contribution in [0.15, 0.2) is 65.8 Å². The molecule has 0 aliphatic carbocycles. The van der Waals surface area contributed by atoms with E-state index in [0.717, 1.165) is 22.9 Å². The molecule has 0 fully saturated rings. The molecule has 0 saturated carbocycles. The highest BCUT2D eigenvalue weighted by Gasteiger charge is 2.08. The number of aromatic nitrogens is 2. The smallest absolute Gasteiger partial charge is 0.193 e. The zero-order valence-electron chi connectivity index (χ0n) is 15.9. The van der Waals surface area contributed by atoms with Gasteiger partial charge < -0.3 is 10.2 Å². The van der Waals surface area contributed by atoms with Gasteiger partial charge in [0.05, 0.1) is 11.4 Å². The molecule has 1 N–H and O–H groups in total. The van der Waals surface area contributed by atoms with E-state index in [0.29, 0.717) is 19.5 Å². The van der Waals surface area contributed by atoms with Crippen molar-refractivity contribution in [3.8, 4) is 5.69 Å². The monoisotopic (exact) mass is 383 g/mol. The van der Waals surface area contributed by atoms with Gasteiger partial charge in [-0.1, -0.05) is 12.1 Å². The predicted octanol–water partition coefficient (Wildman–Crippen LogP) is 3.40. The number of hydrogen-bond acceptors (Lipinski definition) is 2. The Balaban J connectivity index is 1.52. The van der Waals surface area contributed by atoms with Crippen molar-refractivity contribution in [2.45, 2.75) is 13.0 Å². The Morgan fingerprint density at radius 1 is 1.11 bits per heavy atom. The van der Waals surface area contributed by atoms with Crippen LogP contribution >= 0.6 is 0 Å². The SMILES string of the molecule is CN=C(NCCc1ccn(-c2ccc(F)cc2)n1)N(C)Cc1cccc(F)c1. The quantitative estimate of drug-likeness (QED) is 0.524. The number of halogens is 2. The molecule has 5 nitrogen and oxygen atoms in total. The first-order chi connectivity index (χ1) is 13.5. The minimum atomic E-state index is -0.269. The molecule has 2 aromatic carbocycles. The van der Waals surface area contributed by atoms with Gasteiger partial charge in [-0.15, -0.1) is 0 Å². The summed E-state index contributed by atoms with van der Waals surface area (Å²) in [7, 11) is 3.62. The van der Waals surface area contributed by atoms with E-state index in [1.807, 2.05) is 30.3 Å². The van der Waals surface area contributed by atoms with E-state index in [-0.39, 0.29) is 11.6 Å². The van der Waals surface area contributed by atoms with Crippen molar-refractivity contribution in [2.75, 3.05) is 20.6 Å². The van der Waals surface area contributed by atoms with Gasteiger partial charge in [0, 0.05) is 39.8 Å². The molecule has 0 unspecified atom stereocenters. The van der Waals surface area contributed by atoms with Gasteiger partial charge in [-0.3, -0.25) is 4.99 Å². The molecular weight excluding hydrogens is 360 g/mol. The molecule has 1 aromatic heterocycles. The Labute approximate surface area is 163 Å². The van der Waals surface area contributed by atoms with Crippen LogP contribution in [0, 0.1) is 11.6 Å². The van der Waals surface area contributed by atoms with Crippen molar-refractivity contribution in [2.24, 2.45) is 4.99 Å². The second kappa shape index (κ2) is 9.12. The first kappa shape index (κ1) is 19.5. The lowest BCUT2D eigenvalue weighted by Gasteiger charge is -2.22. The van der Waals surface area contributed by atoms with Crippen LogP contribution in [0.4, 0.5) is 8.78 Å². The van der Waals surface area contributed by atoms with Gasteiger partial charge in [-0.05, 0) is 48.0 Å². The molecule has 0 aliphatic rings. The standard InChI is InChI=1S/C21H23F2N5/c1-24-21(27(2)15-16-4-3-5-18(23)14-16)25-12-10-19-11-13-28(26-19)20-8-6-17(22)7-9-20/h3-9,11,13-14H,10,12,15H2,1-2H3,(H,24,25). The fraction of sp³-hybridized carbons (Fsp3) is 0.238. The summed E-state index contributed by atoms with van der Waals surface area (Å²) in [6.45, 7) is 1.21. The summed E-state index contributed by atoms with van der Waals surface area (Å²) in [5.41, 5.74) is 2.61. The van der Waals surface area contributed by atoms with E-state index < -0.39 is 0 Å². The Hall–Kier alpha value is -3.22. The molecule has 3 aromatic rings. The maximum atomic E-state index is 13.3. The van der Waals surface area contributed by atoms with Gasteiger partial charge in [0.15, 0.2) is 5.96 Å². The molecular formula is C21H23F2N5. The molecule has 0 amide bonds. The normalized spacial score (nSPS) is 11.5. The molecule has 0 atom stereocenters. The highest BCUT2D eigenvalue weighted by Crippen LogP contribution is 2.09. The minimum absolute atomic E-state index is 0.245. The second-order valence-electron chi connectivity index (χ2n) is 6.44. The van der Waals surface area contributed by atoms with Crippen LogP contribution in [-0.2, 0) is 13.0 Å². The van der Waals surface area contributed by atoms with Crippen molar-refractivity contribution in [1.29, 1.82) is 0 Å². The number of hydrogen-bond donors (Lipinski definition) is 1. The van der Waals surface area contributed by atoms with Crippen LogP contribution in [0.1, 0.15) is 11.3 Å². The van der Waals surface area contributed by atoms with Crippen molar-refractivity contribution in [1.82, 2.24) is 20.0 Å². The summed E-state index contributed by atoms with van der Waals surface area (Å²) in [6, 6.07) is 14.7. The largest absolute Gasteiger partial charge is 0.356 e. The third-order valence-electron chi connectivity index (χ3n) is 4.28. The molecule has 146 valence electrons. The molecule has 0 spiro atoms. The predicted molar refractivity (Wildman–Crippen MR) is 106 cm³/mol. The summed E-state index contributed by atoms with van der Waals surface area (Å²) in [5.74, 6) is 0.210. The van der Waals surface area contributed by atoms with Crippen LogP contribution in [0.25, 0.3) is 5.69 Å². The van der Waals surface area contributed by atoms with Gasteiger partial charge in [0.25, 0.3) is 0 Å². The van der Waals surface area contributed by atoms with Gasteiger partial charge in [-0.2, -0.15) is 5.10 Å². The van der Waals surface area contributed by atoms with Crippen molar-refractivity contribution >= 4 is 5.96 Å².